The van der Waals surface area contributed by atoms with Crippen molar-refractivity contribution < 1.29 is 19.3 Å². The molecule has 1 N–H and O–H groups in total. The van der Waals surface area contributed by atoms with Gasteiger partial charge in [0.25, 0.3) is 17.5 Å². The van der Waals surface area contributed by atoms with Crippen molar-refractivity contribution in [1.29, 1.82) is 0 Å². The Morgan fingerprint density at radius 1 is 1.23 bits per heavy atom. The zero-order valence-electron chi connectivity index (χ0n) is 17.0. The lowest BCUT2D eigenvalue weighted by Gasteiger charge is -2.27. The molecule has 1 fully saturated rings. The lowest BCUT2D eigenvalue weighted by molar-refractivity contribution is -0.384. The highest BCUT2D eigenvalue weighted by molar-refractivity contribution is 6.31. The molecule has 0 spiro atoms. The molecule has 0 saturated carbocycles. The summed E-state index contributed by atoms with van der Waals surface area (Å²) in [5.41, 5.74) is 1.57. The van der Waals surface area contributed by atoms with Gasteiger partial charge in [0, 0.05) is 26.7 Å². The molecule has 2 aliphatic rings. The predicted octanol–water partition coefficient (Wildman–Crippen LogP) is 3.01. The Balaban J connectivity index is 1.85. The van der Waals surface area contributed by atoms with E-state index in [1.165, 1.54) is 17.7 Å². The Labute approximate surface area is 174 Å². The Morgan fingerprint density at radius 3 is 2.63 bits per heavy atom. The van der Waals surface area contributed by atoms with Crippen LogP contribution >= 0.6 is 0 Å². The van der Waals surface area contributed by atoms with Crippen LogP contribution in [0.4, 0.5) is 16.2 Å². The maximum absolute atomic E-state index is 12.8. The number of carbonyl (C=O) groups is 3. The number of benzene rings is 1. The monoisotopic (exact) mass is 412 g/mol. The summed E-state index contributed by atoms with van der Waals surface area (Å²) < 4.78 is 0. The number of hydrogen-bond acceptors (Lipinski definition) is 6. The summed E-state index contributed by atoms with van der Waals surface area (Å²) >= 11 is 0. The molecule has 9 nitrogen and oxygen atoms in total. The van der Waals surface area contributed by atoms with Gasteiger partial charge in [-0.05, 0) is 49.8 Å². The number of hydrogen-bond donors (Lipinski definition) is 1. The summed E-state index contributed by atoms with van der Waals surface area (Å²) in [6.07, 6.45) is 8.19. The van der Waals surface area contributed by atoms with Gasteiger partial charge in [-0.3, -0.25) is 29.9 Å². The number of rotatable bonds is 6. The molecule has 158 valence electrons. The van der Waals surface area contributed by atoms with Crippen LogP contribution in [0.25, 0.3) is 6.08 Å². The number of carbonyl (C=O) groups excluding carboxylic acids is 3. The van der Waals surface area contributed by atoms with Crippen LogP contribution in [0.2, 0.25) is 0 Å². The summed E-state index contributed by atoms with van der Waals surface area (Å²) in [5, 5.41) is 13.6. The van der Waals surface area contributed by atoms with Crippen molar-refractivity contribution in [3.05, 3.63) is 51.1 Å². The second-order valence-electron chi connectivity index (χ2n) is 7.53. The van der Waals surface area contributed by atoms with E-state index >= 15 is 0 Å². The van der Waals surface area contributed by atoms with Gasteiger partial charge in [0.15, 0.2) is 0 Å². The van der Waals surface area contributed by atoms with E-state index in [-0.39, 0.29) is 17.8 Å². The minimum atomic E-state index is -0.808. The molecule has 1 aliphatic carbocycles. The van der Waals surface area contributed by atoms with E-state index in [1.807, 2.05) is 0 Å². The van der Waals surface area contributed by atoms with Gasteiger partial charge < -0.3 is 4.90 Å². The zero-order chi connectivity index (χ0) is 21.8. The lowest BCUT2D eigenvalue weighted by atomic mass is 9.97. The van der Waals surface area contributed by atoms with Crippen LogP contribution < -0.4 is 10.2 Å². The van der Waals surface area contributed by atoms with Gasteiger partial charge >= 0.3 is 6.03 Å². The molecule has 0 unspecified atom stereocenters. The van der Waals surface area contributed by atoms with Crippen molar-refractivity contribution in [2.45, 2.75) is 32.1 Å². The van der Waals surface area contributed by atoms with Crippen LogP contribution in [-0.2, 0) is 9.59 Å². The number of barbiturate groups is 1. The molecule has 4 amide bonds. The number of nitro benzene ring substituents is 1. The van der Waals surface area contributed by atoms with Gasteiger partial charge in [0.05, 0.1) is 4.92 Å². The number of amides is 4. The Kier molecular flexibility index (Phi) is 6.29. The van der Waals surface area contributed by atoms with Gasteiger partial charge in [-0.1, -0.05) is 17.7 Å². The van der Waals surface area contributed by atoms with Gasteiger partial charge in [0.2, 0.25) is 0 Å². The Morgan fingerprint density at radius 2 is 2.00 bits per heavy atom. The molecule has 1 heterocycles. The SMILES string of the molecule is CN(C)c1ccc(/C=C2\C(=O)NC(=O)N(CCC3=CCCCC3)C2=O)cc1[N+](=O)[O-]. The molecule has 0 bridgehead atoms. The highest BCUT2D eigenvalue weighted by atomic mass is 16.6. The third-order valence-electron chi connectivity index (χ3n) is 5.22. The van der Waals surface area contributed by atoms with E-state index in [2.05, 4.69) is 11.4 Å². The smallest absolute Gasteiger partial charge is 0.331 e. The second kappa shape index (κ2) is 8.89. The molecule has 1 saturated heterocycles. The van der Waals surface area contributed by atoms with E-state index in [9.17, 15) is 24.5 Å². The fourth-order valence-electron chi connectivity index (χ4n) is 3.61. The Hall–Kier alpha value is -3.49. The number of imide groups is 2. The number of nitrogens with zero attached hydrogens (tertiary/aromatic N) is 3. The molecular formula is C21H24N4O5. The van der Waals surface area contributed by atoms with Crippen molar-refractivity contribution >= 4 is 35.3 Å². The van der Waals surface area contributed by atoms with E-state index in [4.69, 9.17) is 0 Å². The van der Waals surface area contributed by atoms with Crippen molar-refractivity contribution in [3.63, 3.8) is 0 Å². The summed E-state index contributed by atoms with van der Waals surface area (Å²) in [7, 11) is 3.37. The fraction of sp³-hybridized carbons (Fsp3) is 0.381. The molecule has 30 heavy (non-hydrogen) atoms. The standard InChI is InChI=1S/C21H24N4O5/c1-23(2)17-9-8-15(13-18(17)25(29)30)12-16-19(26)22-21(28)24(20(16)27)11-10-14-6-4-3-5-7-14/h6,8-9,12-13H,3-5,7,10-11H2,1-2H3,(H,22,26,28)/b16-12+. The average Bonchev–Trinajstić information content (AvgIpc) is 2.71. The number of urea groups is 1. The molecule has 0 atom stereocenters. The zero-order valence-corrected chi connectivity index (χ0v) is 17.0. The molecular weight excluding hydrogens is 388 g/mol. The molecule has 1 aliphatic heterocycles. The van der Waals surface area contributed by atoms with E-state index in [1.54, 1.807) is 31.1 Å². The maximum Gasteiger partial charge on any atom is 0.331 e. The third kappa shape index (κ3) is 4.56. The first-order chi connectivity index (χ1) is 14.3. The lowest BCUT2D eigenvalue weighted by Crippen LogP contribution is -2.54. The van der Waals surface area contributed by atoms with E-state index < -0.39 is 22.8 Å². The molecule has 0 aromatic heterocycles. The predicted molar refractivity (Wildman–Crippen MR) is 112 cm³/mol. The van der Waals surface area contributed by atoms with Crippen LogP contribution in [0.3, 0.4) is 0 Å². The average molecular weight is 412 g/mol. The van der Waals surface area contributed by atoms with Gasteiger partial charge in [-0.25, -0.2) is 4.79 Å². The number of nitro groups is 1. The summed E-state index contributed by atoms with van der Waals surface area (Å²) in [5.74, 6) is -1.50. The summed E-state index contributed by atoms with van der Waals surface area (Å²) in [6.45, 7) is 0.181. The van der Waals surface area contributed by atoms with E-state index in [0.717, 1.165) is 30.6 Å². The normalized spacial score (nSPS) is 18.3. The third-order valence-corrected chi connectivity index (χ3v) is 5.22. The van der Waals surface area contributed by atoms with Crippen LogP contribution in [0.5, 0.6) is 0 Å². The van der Waals surface area contributed by atoms with Crippen LogP contribution in [0, 0.1) is 10.1 Å². The largest absolute Gasteiger partial charge is 0.372 e. The molecule has 1 aromatic carbocycles. The first-order valence-corrected chi connectivity index (χ1v) is 9.80. The van der Waals surface area contributed by atoms with Gasteiger partial charge in [-0.15, -0.1) is 0 Å². The van der Waals surface area contributed by atoms with Crippen molar-refractivity contribution in [2.75, 3.05) is 25.5 Å². The number of anilines is 1. The topological polar surface area (TPSA) is 113 Å². The summed E-state index contributed by atoms with van der Waals surface area (Å²) in [4.78, 5) is 50.8. The van der Waals surface area contributed by atoms with Crippen molar-refractivity contribution in [2.24, 2.45) is 0 Å². The van der Waals surface area contributed by atoms with Crippen LogP contribution in [0.15, 0.2) is 35.4 Å². The first-order valence-electron chi connectivity index (χ1n) is 9.80. The minimum Gasteiger partial charge on any atom is -0.372 e. The van der Waals surface area contributed by atoms with Crippen LogP contribution in [-0.4, -0.2) is 48.3 Å². The second-order valence-corrected chi connectivity index (χ2v) is 7.53. The quantitative estimate of drug-likeness (QED) is 0.253. The molecule has 0 radical (unpaired) electrons. The Bertz CT molecular complexity index is 964. The fourth-order valence-corrected chi connectivity index (χ4v) is 3.61. The minimum absolute atomic E-state index is 0.143. The number of nitrogens with one attached hydrogen (secondary N) is 1. The summed E-state index contributed by atoms with van der Waals surface area (Å²) in [6, 6.07) is 3.70. The first kappa shape index (κ1) is 21.2. The van der Waals surface area contributed by atoms with Crippen molar-refractivity contribution in [1.82, 2.24) is 10.2 Å². The molecule has 3 rings (SSSR count). The number of allylic oxidation sites excluding steroid dienone is 1. The maximum atomic E-state index is 12.8. The highest BCUT2D eigenvalue weighted by Crippen LogP contribution is 2.29. The molecule has 1 aromatic rings. The van der Waals surface area contributed by atoms with Crippen LogP contribution in [0.1, 0.15) is 37.7 Å². The van der Waals surface area contributed by atoms with Crippen molar-refractivity contribution in [3.8, 4) is 0 Å². The van der Waals surface area contributed by atoms with Gasteiger partial charge in [0.1, 0.15) is 11.3 Å². The highest BCUT2D eigenvalue weighted by Gasteiger charge is 2.35. The molecule has 9 heteroatoms. The van der Waals surface area contributed by atoms with E-state index in [0.29, 0.717) is 17.7 Å². The van der Waals surface area contributed by atoms with Gasteiger partial charge in [-0.2, -0.15) is 0 Å².